The van der Waals surface area contributed by atoms with Crippen LogP contribution in [0.15, 0.2) is 10.9 Å². The summed E-state index contributed by atoms with van der Waals surface area (Å²) in [6.07, 6.45) is 0.700. The van der Waals surface area contributed by atoms with Crippen LogP contribution in [0.25, 0.3) is 0 Å². The molecule has 1 aromatic heterocycles. The van der Waals surface area contributed by atoms with E-state index in [0.717, 1.165) is 31.7 Å². The number of aliphatic hydroxyl groups excluding tert-OH is 1. The summed E-state index contributed by atoms with van der Waals surface area (Å²) in [5.74, 6) is 0. The van der Waals surface area contributed by atoms with Gasteiger partial charge in [-0.1, -0.05) is 0 Å². The Bertz CT molecular complexity index is 315. The Morgan fingerprint density at radius 3 is 3.06 bits per heavy atom. The number of likely N-dealkylation sites (N-methyl/N-ethyl adjacent to an activating group) is 1. The predicted molar refractivity (Wildman–Crippen MR) is 65.5 cm³/mol. The fraction of sp³-hybridized carbons (Fsp3) is 0.727. The molecule has 1 aliphatic heterocycles. The number of thiazole rings is 1. The van der Waals surface area contributed by atoms with Crippen molar-refractivity contribution in [1.29, 1.82) is 0 Å². The standard InChI is InChI=1S/C11H19N3OS/c1-13(2)5-10-3-11(15)6-14(10)4-9-7-16-8-12-9/h7-8,10-11,15H,3-6H2,1-2H3. The first kappa shape index (κ1) is 12.0. The molecule has 2 atom stereocenters. The number of hydrogen-bond donors (Lipinski definition) is 1. The molecule has 2 rings (SSSR count). The van der Waals surface area contributed by atoms with Crippen LogP contribution < -0.4 is 0 Å². The van der Waals surface area contributed by atoms with E-state index >= 15 is 0 Å². The number of aromatic nitrogens is 1. The minimum Gasteiger partial charge on any atom is -0.392 e. The first-order valence-electron chi connectivity index (χ1n) is 5.59. The van der Waals surface area contributed by atoms with Gasteiger partial charge in [0.1, 0.15) is 0 Å². The molecular weight excluding hydrogens is 222 g/mol. The Kier molecular flexibility index (Phi) is 3.91. The van der Waals surface area contributed by atoms with Crippen LogP contribution in [0.1, 0.15) is 12.1 Å². The Balaban J connectivity index is 1.95. The molecule has 90 valence electrons. The average Bonchev–Trinajstić information content (AvgIpc) is 2.77. The molecule has 1 aliphatic rings. The Morgan fingerprint density at radius 2 is 2.44 bits per heavy atom. The van der Waals surface area contributed by atoms with Gasteiger partial charge in [-0.3, -0.25) is 4.90 Å². The molecule has 0 radical (unpaired) electrons. The zero-order valence-corrected chi connectivity index (χ0v) is 10.7. The van der Waals surface area contributed by atoms with E-state index in [1.54, 1.807) is 11.3 Å². The Morgan fingerprint density at radius 1 is 1.62 bits per heavy atom. The third-order valence-electron chi connectivity index (χ3n) is 2.93. The van der Waals surface area contributed by atoms with Crippen LogP contribution in [-0.2, 0) is 6.54 Å². The molecule has 0 aromatic carbocycles. The van der Waals surface area contributed by atoms with Crippen molar-refractivity contribution in [2.75, 3.05) is 27.2 Å². The summed E-state index contributed by atoms with van der Waals surface area (Å²) in [6, 6.07) is 0.451. The maximum Gasteiger partial charge on any atom is 0.0795 e. The van der Waals surface area contributed by atoms with Crippen LogP contribution in [0.2, 0.25) is 0 Å². The summed E-state index contributed by atoms with van der Waals surface area (Å²) in [5, 5.41) is 11.8. The van der Waals surface area contributed by atoms with Gasteiger partial charge in [-0.05, 0) is 20.5 Å². The van der Waals surface area contributed by atoms with Crippen molar-refractivity contribution in [2.24, 2.45) is 0 Å². The van der Waals surface area contributed by atoms with Gasteiger partial charge in [0.2, 0.25) is 0 Å². The van der Waals surface area contributed by atoms with Crippen LogP contribution in [-0.4, -0.2) is 59.2 Å². The Hall–Kier alpha value is -0.490. The van der Waals surface area contributed by atoms with E-state index in [4.69, 9.17) is 0 Å². The normalized spacial score (nSPS) is 26.8. The molecule has 1 fully saturated rings. The second-order valence-electron chi connectivity index (χ2n) is 4.71. The van der Waals surface area contributed by atoms with Crippen LogP contribution in [0.4, 0.5) is 0 Å². The van der Waals surface area contributed by atoms with Crippen LogP contribution in [0, 0.1) is 0 Å². The molecule has 1 saturated heterocycles. The van der Waals surface area contributed by atoms with E-state index in [-0.39, 0.29) is 6.10 Å². The van der Waals surface area contributed by atoms with E-state index in [0.29, 0.717) is 6.04 Å². The lowest BCUT2D eigenvalue weighted by atomic mass is 10.2. The van der Waals surface area contributed by atoms with Gasteiger partial charge in [0.25, 0.3) is 0 Å². The summed E-state index contributed by atoms with van der Waals surface area (Å²) >= 11 is 1.63. The molecule has 2 unspecified atom stereocenters. The van der Waals surface area contributed by atoms with Crippen LogP contribution >= 0.6 is 11.3 Å². The van der Waals surface area contributed by atoms with Gasteiger partial charge >= 0.3 is 0 Å². The summed E-state index contributed by atoms with van der Waals surface area (Å²) in [6.45, 7) is 2.64. The number of likely N-dealkylation sites (tertiary alicyclic amines) is 1. The summed E-state index contributed by atoms with van der Waals surface area (Å²) in [5.41, 5.74) is 2.98. The number of aliphatic hydroxyl groups is 1. The van der Waals surface area contributed by atoms with Gasteiger partial charge < -0.3 is 10.0 Å². The second-order valence-corrected chi connectivity index (χ2v) is 5.43. The van der Waals surface area contributed by atoms with E-state index in [1.165, 1.54) is 0 Å². The Labute approximate surface area is 101 Å². The smallest absolute Gasteiger partial charge is 0.0795 e. The topological polar surface area (TPSA) is 39.6 Å². The first-order chi connectivity index (χ1) is 7.65. The molecular formula is C11H19N3OS. The molecule has 0 saturated carbocycles. The van der Waals surface area contributed by atoms with E-state index in [9.17, 15) is 5.11 Å². The molecule has 0 spiro atoms. The van der Waals surface area contributed by atoms with Crippen molar-refractivity contribution in [2.45, 2.75) is 25.1 Å². The lowest BCUT2D eigenvalue weighted by Crippen LogP contribution is -2.37. The summed E-state index contributed by atoms with van der Waals surface area (Å²) in [7, 11) is 4.15. The maximum atomic E-state index is 9.73. The second kappa shape index (κ2) is 5.23. The van der Waals surface area contributed by atoms with E-state index in [2.05, 4.69) is 34.3 Å². The zero-order chi connectivity index (χ0) is 11.5. The monoisotopic (exact) mass is 241 g/mol. The van der Waals surface area contributed by atoms with Gasteiger partial charge in [-0.25, -0.2) is 4.98 Å². The molecule has 0 amide bonds. The maximum absolute atomic E-state index is 9.73. The molecule has 2 heterocycles. The van der Waals surface area contributed by atoms with Gasteiger partial charge in [0, 0.05) is 31.1 Å². The lowest BCUT2D eigenvalue weighted by Gasteiger charge is -2.25. The van der Waals surface area contributed by atoms with Crippen molar-refractivity contribution in [3.63, 3.8) is 0 Å². The fourth-order valence-corrected chi connectivity index (χ4v) is 2.84. The van der Waals surface area contributed by atoms with Gasteiger partial charge in [0.05, 0.1) is 17.3 Å². The molecule has 5 heteroatoms. The number of β-amino-alcohol motifs (C(OH)–C–C–N with tert-alkyl or cyclic N) is 1. The molecule has 1 N–H and O–H groups in total. The number of hydrogen-bond acceptors (Lipinski definition) is 5. The van der Waals surface area contributed by atoms with E-state index in [1.807, 2.05) is 5.51 Å². The molecule has 0 aliphatic carbocycles. The third-order valence-corrected chi connectivity index (χ3v) is 3.57. The largest absolute Gasteiger partial charge is 0.392 e. The van der Waals surface area contributed by atoms with Crippen LogP contribution in [0.3, 0.4) is 0 Å². The number of rotatable bonds is 4. The summed E-state index contributed by atoms with van der Waals surface area (Å²) < 4.78 is 0. The predicted octanol–water partition coefficient (Wildman–Crippen LogP) is 0.640. The van der Waals surface area contributed by atoms with Crippen molar-refractivity contribution < 1.29 is 5.11 Å². The van der Waals surface area contributed by atoms with E-state index < -0.39 is 0 Å². The highest BCUT2D eigenvalue weighted by atomic mass is 32.1. The molecule has 0 bridgehead atoms. The van der Waals surface area contributed by atoms with Crippen molar-refractivity contribution in [3.05, 3.63) is 16.6 Å². The average molecular weight is 241 g/mol. The molecule has 16 heavy (non-hydrogen) atoms. The highest BCUT2D eigenvalue weighted by molar-refractivity contribution is 7.07. The SMILES string of the molecule is CN(C)CC1CC(O)CN1Cc1cscn1. The third kappa shape index (κ3) is 3.01. The quantitative estimate of drug-likeness (QED) is 0.840. The summed E-state index contributed by atoms with van der Waals surface area (Å²) in [4.78, 5) is 8.81. The van der Waals surface area contributed by atoms with Crippen molar-refractivity contribution in [3.8, 4) is 0 Å². The van der Waals surface area contributed by atoms with Crippen molar-refractivity contribution >= 4 is 11.3 Å². The van der Waals surface area contributed by atoms with Crippen molar-refractivity contribution in [1.82, 2.24) is 14.8 Å². The molecule has 4 nitrogen and oxygen atoms in total. The minimum absolute atomic E-state index is 0.177. The zero-order valence-electron chi connectivity index (χ0n) is 9.83. The minimum atomic E-state index is -0.177. The fourth-order valence-electron chi connectivity index (χ4n) is 2.29. The van der Waals surface area contributed by atoms with Gasteiger partial charge in [0.15, 0.2) is 0 Å². The number of nitrogens with zero attached hydrogens (tertiary/aromatic N) is 3. The highest BCUT2D eigenvalue weighted by Crippen LogP contribution is 2.20. The first-order valence-corrected chi connectivity index (χ1v) is 6.53. The van der Waals surface area contributed by atoms with Crippen LogP contribution in [0.5, 0.6) is 0 Å². The molecule has 1 aromatic rings. The highest BCUT2D eigenvalue weighted by Gasteiger charge is 2.31. The van der Waals surface area contributed by atoms with Gasteiger partial charge in [-0.2, -0.15) is 0 Å². The lowest BCUT2D eigenvalue weighted by molar-refractivity contribution is 0.168. The van der Waals surface area contributed by atoms with Gasteiger partial charge in [-0.15, -0.1) is 11.3 Å².